The molecule has 2 aromatic heterocycles. The molecule has 1 N–H and O–H groups in total. The lowest BCUT2D eigenvalue weighted by Crippen LogP contribution is -2.12. The van der Waals surface area contributed by atoms with Crippen LogP contribution in [0.4, 0.5) is 5.69 Å². The second-order valence-electron chi connectivity index (χ2n) is 4.91. The minimum absolute atomic E-state index is 0.237. The van der Waals surface area contributed by atoms with Gasteiger partial charge in [-0.25, -0.2) is 4.98 Å². The number of methoxy groups -OCH3 is 1. The van der Waals surface area contributed by atoms with Gasteiger partial charge in [0.25, 0.3) is 5.91 Å². The lowest BCUT2D eigenvalue weighted by molar-refractivity contribution is 0.102. The summed E-state index contributed by atoms with van der Waals surface area (Å²) in [5.74, 6) is 0.505. The Balaban J connectivity index is 1.77. The minimum atomic E-state index is -0.237. The molecule has 0 atom stereocenters. The quantitative estimate of drug-likeness (QED) is 0.793. The number of pyridine rings is 1. The Morgan fingerprint density at radius 3 is 2.70 bits per heavy atom. The van der Waals surface area contributed by atoms with Crippen LogP contribution in [0, 0.1) is 6.92 Å². The first-order chi connectivity index (χ1) is 11.2. The van der Waals surface area contributed by atoms with E-state index in [-0.39, 0.29) is 5.91 Å². The molecule has 0 unspecified atom stereocenters. The molecule has 0 spiro atoms. The Labute approximate surface area is 138 Å². The lowest BCUT2D eigenvalue weighted by Gasteiger charge is -2.04. The number of aryl methyl sites for hydroxylation is 1. The van der Waals surface area contributed by atoms with E-state index < -0.39 is 0 Å². The van der Waals surface area contributed by atoms with Crippen LogP contribution in [0.15, 0.2) is 48.1 Å². The van der Waals surface area contributed by atoms with Crippen molar-refractivity contribution >= 4 is 22.9 Å². The second kappa shape index (κ2) is 6.58. The monoisotopic (exact) mass is 325 g/mol. The average Bonchev–Trinajstić information content (AvgIpc) is 3.06. The Kier molecular flexibility index (Phi) is 4.34. The Bertz CT molecular complexity index is 828. The molecule has 0 saturated carbocycles. The number of hydrogen-bond acceptors (Lipinski definition) is 5. The molecule has 23 heavy (non-hydrogen) atoms. The first-order valence-electron chi connectivity index (χ1n) is 6.99. The maximum atomic E-state index is 12.3. The molecule has 5 nitrogen and oxygen atoms in total. The summed E-state index contributed by atoms with van der Waals surface area (Å²) in [5, 5.41) is 5.36. The van der Waals surface area contributed by atoms with E-state index in [0.717, 1.165) is 21.9 Å². The smallest absolute Gasteiger partial charge is 0.275 e. The second-order valence-corrected chi connectivity index (χ2v) is 5.77. The molecule has 0 saturated heterocycles. The molecule has 6 heteroatoms. The molecule has 3 rings (SSSR count). The zero-order valence-electron chi connectivity index (χ0n) is 12.7. The van der Waals surface area contributed by atoms with Crippen LogP contribution < -0.4 is 10.1 Å². The summed E-state index contributed by atoms with van der Waals surface area (Å²) in [5.41, 5.74) is 3.12. The Hall–Kier alpha value is -2.73. The van der Waals surface area contributed by atoms with E-state index in [1.807, 2.05) is 13.0 Å². The summed E-state index contributed by atoms with van der Waals surface area (Å²) in [7, 11) is 1.60. The first kappa shape index (κ1) is 15.2. The van der Waals surface area contributed by atoms with E-state index in [1.54, 1.807) is 49.1 Å². The molecule has 2 heterocycles. The number of aromatic nitrogens is 2. The van der Waals surface area contributed by atoms with Gasteiger partial charge < -0.3 is 10.1 Å². The van der Waals surface area contributed by atoms with Crippen LogP contribution in [0.1, 0.15) is 16.1 Å². The number of benzene rings is 1. The summed E-state index contributed by atoms with van der Waals surface area (Å²) in [6, 6.07) is 9.08. The number of ether oxygens (including phenoxy) is 1. The molecular formula is C17H15N3O2S. The summed E-state index contributed by atoms with van der Waals surface area (Å²) in [4.78, 5) is 20.8. The van der Waals surface area contributed by atoms with Gasteiger partial charge in [0.15, 0.2) is 0 Å². The van der Waals surface area contributed by atoms with Crippen LogP contribution in [0.5, 0.6) is 5.75 Å². The van der Waals surface area contributed by atoms with Crippen LogP contribution in [-0.4, -0.2) is 23.0 Å². The maximum absolute atomic E-state index is 12.3. The van der Waals surface area contributed by atoms with E-state index in [4.69, 9.17) is 4.74 Å². The van der Waals surface area contributed by atoms with Crippen molar-refractivity contribution in [3.05, 3.63) is 59.4 Å². The van der Waals surface area contributed by atoms with Crippen molar-refractivity contribution in [3.63, 3.8) is 0 Å². The normalized spacial score (nSPS) is 10.3. The van der Waals surface area contributed by atoms with Gasteiger partial charge in [-0.3, -0.25) is 9.78 Å². The van der Waals surface area contributed by atoms with Crippen molar-refractivity contribution in [1.29, 1.82) is 0 Å². The van der Waals surface area contributed by atoms with Crippen LogP contribution in [-0.2, 0) is 0 Å². The number of carbonyl (C=O) groups is 1. The van der Waals surface area contributed by atoms with Crippen LogP contribution >= 0.6 is 11.3 Å². The van der Waals surface area contributed by atoms with E-state index in [2.05, 4.69) is 15.3 Å². The number of hydrogen-bond donors (Lipinski definition) is 1. The molecule has 1 amide bonds. The highest BCUT2D eigenvalue weighted by Crippen LogP contribution is 2.26. The standard InChI is InChI=1S/C17H15N3O2S/c1-11-7-8-18-9-14(11)17-20-15(10-23-17)16(21)19-12-3-5-13(22-2)6-4-12/h3-10H,1-2H3,(H,19,21). The molecule has 116 valence electrons. The van der Waals surface area contributed by atoms with Crippen LogP contribution in [0.3, 0.4) is 0 Å². The van der Waals surface area contributed by atoms with Gasteiger partial charge in [0.2, 0.25) is 0 Å². The zero-order chi connectivity index (χ0) is 16.2. The van der Waals surface area contributed by atoms with Crippen LogP contribution in [0.25, 0.3) is 10.6 Å². The number of thiazole rings is 1. The highest BCUT2D eigenvalue weighted by Gasteiger charge is 2.13. The van der Waals surface area contributed by atoms with E-state index in [9.17, 15) is 4.79 Å². The molecule has 3 aromatic rings. The molecule has 0 fully saturated rings. The molecule has 1 aromatic carbocycles. The van der Waals surface area contributed by atoms with Gasteiger partial charge in [0.1, 0.15) is 16.5 Å². The first-order valence-corrected chi connectivity index (χ1v) is 7.87. The van der Waals surface area contributed by atoms with Crippen molar-refractivity contribution in [2.24, 2.45) is 0 Å². The van der Waals surface area contributed by atoms with Crippen molar-refractivity contribution in [1.82, 2.24) is 9.97 Å². The number of amides is 1. The number of anilines is 1. The van der Waals surface area contributed by atoms with Crippen molar-refractivity contribution in [2.75, 3.05) is 12.4 Å². The Morgan fingerprint density at radius 2 is 2.00 bits per heavy atom. The molecule has 0 aliphatic carbocycles. The highest BCUT2D eigenvalue weighted by molar-refractivity contribution is 7.13. The Morgan fingerprint density at radius 1 is 1.22 bits per heavy atom. The predicted molar refractivity (Wildman–Crippen MR) is 91.0 cm³/mol. The molecule has 0 aliphatic rings. The van der Waals surface area contributed by atoms with Gasteiger partial charge in [0.05, 0.1) is 7.11 Å². The SMILES string of the molecule is COc1ccc(NC(=O)c2csc(-c3cnccc3C)n2)cc1. The predicted octanol–water partition coefficient (Wildman–Crippen LogP) is 3.77. The van der Waals surface area contributed by atoms with E-state index in [0.29, 0.717) is 11.4 Å². The molecule has 0 aliphatic heterocycles. The summed E-state index contributed by atoms with van der Waals surface area (Å²) in [6.07, 6.45) is 3.50. The molecule has 0 bridgehead atoms. The van der Waals surface area contributed by atoms with Gasteiger partial charge >= 0.3 is 0 Å². The largest absolute Gasteiger partial charge is 0.497 e. The highest BCUT2D eigenvalue weighted by atomic mass is 32.1. The minimum Gasteiger partial charge on any atom is -0.497 e. The summed E-state index contributed by atoms with van der Waals surface area (Å²) < 4.78 is 5.09. The van der Waals surface area contributed by atoms with E-state index in [1.165, 1.54) is 11.3 Å². The molecular weight excluding hydrogens is 310 g/mol. The fourth-order valence-corrected chi connectivity index (χ4v) is 2.93. The van der Waals surface area contributed by atoms with Crippen LogP contribution in [0.2, 0.25) is 0 Å². The topological polar surface area (TPSA) is 64.1 Å². The number of carbonyl (C=O) groups excluding carboxylic acids is 1. The van der Waals surface area contributed by atoms with Gasteiger partial charge in [-0.15, -0.1) is 11.3 Å². The summed E-state index contributed by atoms with van der Waals surface area (Å²) in [6.45, 7) is 2.00. The van der Waals surface area contributed by atoms with Gasteiger partial charge in [-0.05, 0) is 42.8 Å². The fourth-order valence-electron chi connectivity index (χ4n) is 2.06. The van der Waals surface area contributed by atoms with E-state index >= 15 is 0 Å². The average molecular weight is 325 g/mol. The summed E-state index contributed by atoms with van der Waals surface area (Å²) >= 11 is 1.43. The van der Waals surface area contributed by atoms with Gasteiger partial charge in [0, 0.05) is 29.0 Å². The lowest BCUT2D eigenvalue weighted by atomic mass is 10.2. The zero-order valence-corrected chi connectivity index (χ0v) is 13.6. The van der Waals surface area contributed by atoms with Crippen molar-refractivity contribution in [2.45, 2.75) is 6.92 Å². The number of nitrogens with zero attached hydrogens (tertiary/aromatic N) is 2. The van der Waals surface area contributed by atoms with Crippen molar-refractivity contribution < 1.29 is 9.53 Å². The number of rotatable bonds is 4. The molecule has 0 radical (unpaired) electrons. The van der Waals surface area contributed by atoms with Crippen molar-refractivity contribution in [3.8, 4) is 16.3 Å². The number of nitrogens with one attached hydrogen (secondary N) is 1. The third-order valence-electron chi connectivity index (χ3n) is 3.35. The van der Waals surface area contributed by atoms with Gasteiger partial charge in [-0.2, -0.15) is 0 Å². The maximum Gasteiger partial charge on any atom is 0.275 e. The third kappa shape index (κ3) is 3.37. The fraction of sp³-hybridized carbons (Fsp3) is 0.118. The third-order valence-corrected chi connectivity index (χ3v) is 4.23. The van der Waals surface area contributed by atoms with Gasteiger partial charge in [-0.1, -0.05) is 0 Å².